The summed E-state index contributed by atoms with van der Waals surface area (Å²) < 4.78 is 27.9. The minimum Gasteiger partial charge on any atom is -0.304 e. The van der Waals surface area contributed by atoms with Gasteiger partial charge in [0, 0.05) is 0 Å². The maximum Gasteiger partial charge on any atom is 0.275 e. The molecule has 1 heterocycles. The SMILES string of the molecule is CC.CCC1CCN(C(C)C(F)(F)CN(C)C)CC1. The van der Waals surface area contributed by atoms with Crippen molar-refractivity contribution < 1.29 is 8.78 Å². The van der Waals surface area contributed by atoms with E-state index in [1.807, 2.05) is 18.7 Å². The van der Waals surface area contributed by atoms with Crippen molar-refractivity contribution in [3.63, 3.8) is 0 Å². The van der Waals surface area contributed by atoms with Gasteiger partial charge < -0.3 is 4.90 Å². The van der Waals surface area contributed by atoms with Crippen molar-refractivity contribution in [3.05, 3.63) is 0 Å². The Hall–Kier alpha value is -0.220. The van der Waals surface area contributed by atoms with Gasteiger partial charge in [0.2, 0.25) is 0 Å². The Kier molecular flexibility index (Phi) is 8.75. The average Bonchev–Trinajstić information content (AvgIpc) is 2.39. The molecule has 0 aliphatic carbocycles. The second-order valence-electron chi connectivity index (χ2n) is 5.56. The first-order valence-corrected chi connectivity index (χ1v) is 7.63. The van der Waals surface area contributed by atoms with Crippen LogP contribution in [-0.2, 0) is 0 Å². The predicted molar refractivity (Wildman–Crippen MR) is 78.9 cm³/mol. The standard InChI is InChI=1S/C13H26F2N2.C2H6/c1-5-12-6-8-17(9-7-12)11(2)13(14,15)10-16(3)4;1-2/h11-12H,5-10H2,1-4H3;1-2H3. The lowest BCUT2D eigenvalue weighted by atomic mass is 9.93. The minimum absolute atomic E-state index is 0.165. The van der Waals surface area contributed by atoms with E-state index in [1.165, 1.54) is 6.42 Å². The van der Waals surface area contributed by atoms with Crippen LogP contribution in [0.2, 0.25) is 0 Å². The highest BCUT2D eigenvalue weighted by atomic mass is 19.3. The van der Waals surface area contributed by atoms with Crippen molar-refractivity contribution in [2.24, 2.45) is 5.92 Å². The van der Waals surface area contributed by atoms with E-state index in [2.05, 4.69) is 6.92 Å². The van der Waals surface area contributed by atoms with Crippen molar-refractivity contribution >= 4 is 0 Å². The first-order valence-electron chi connectivity index (χ1n) is 7.63. The molecule has 1 aliphatic rings. The summed E-state index contributed by atoms with van der Waals surface area (Å²) in [6.45, 7) is 9.33. The average molecular weight is 278 g/mol. The van der Waals surface area contributed by atoms with Crippen LogP contribution in [-0.4, -0.2) is 55.5 Å². The number of rotatable bonds is 5. The maximum atomic E-state index is 13.9. The number of alkyl halides is 2. The Morgan fingerprint density at radius 1 is 1.21 bits per heavy atom. The van der Waals surface area contributed by atoms with Gasteiger partial charge in [-0.15, -0.1) is 0 Å². The van der Waals surface area contributed by atoms with Crippen molar-refractivity contribution in [2.45, 2.75) is 58.9 Å². The lowest BCUT2D eigenvalue weighted by Gasteiger charge is -2.39. The lowest BCUT2D eigenvalue weighted by Crippen LogP contribution is -2.52. The summed E-state index contributed by atoms with van der Waals surface area (Å²) in [7, 11) is 3.40. The highest BCUT2D eigenvalue weighted by Crippen LogP contribution is 2.28. The molecule has 19 heavy (non-hydrogen) atoms. The van der Waals surface area contributed by atoms with Crippen LogP contribution in [0.5, 0.6) is 0 Å². The lowest BCUT2D eigenvalue weighted by molar-refractivity contribution is -0.0944. The van der Waals surface area contributed by atoms with Gasteiger partial charge in [-0.25, -0.2) is 8.78 Å². The number of piperidine rings is 1. The maximum absolute atomic E-state index is 13.9. The Labute approximate surface area is 118 Å². The molecular weight excluding hydrogens is 246 g/mol. The molecule has 0 aromatic heterocycles. The molecule has 116 valence electrons. The Bertz CT molecular complexity index is 224. The van der Waals surface area contributed by atoms with E-state index in [1.54, 1.807) is 25.9 Å². The molecule has 4 heteroatoms. The van der Waals surface area contributed by atoms with E-state index < -0.39 is 12.0 Å². The van der Waals surface area contributed by atoms with Crippen LogP contribution < -0.4 is 0 Å². The van der Waals surface area contributed by atoms with Crippen LogP contribution in [0.15, 0.2) is 0 Å². The largest absolute Gasteiger partial charge is 0.304 e. The van der Waals surface area contributed by atoms with Gasteiger partial charge in [-0.3, -0.25) is 4.90 Å². The fraction of sp³-hybridized carbons (Fsp3) is 1.00. The highest BCUT2D eigenvalue weighted by Gasteiger charge is 2.41. The fourth-order valence-electron chi connectivity index (χ4n) is 2.57. The van der Waals surface area contributed by atoms with Crippen molar-refractivity contribution in [1.29, 1.82) is 0 Å². The summed E-state index contributed by atoms with van der Waals surface area (Å²) in [6.07, 6.45) is 3.31. The molecule has 1 rings (SSSR count). The third-order valence-corrected chi connectivity index (χ3v) is 3.91. The zero-order chi connectivity index (χ0) is 15.1. The molecule has 0 radical (unpaired) electrons. The molecular formula is C15H32F2N2. The first-order chi connectivity index (χ1) is 8.86. The summed E-state index contributed by atoms with van der Waals surface area (Å²) in [4.78, 5) is 3.52. The van der Waals surface area contributed by atoms with Crippen LogP contribution in [0, 0.1) is 5.92 Å². The minimum atomic E-state index is -2.62. The molecule has 0 spiro atoms. The molecule has 1 fully saturated rings. The molecule has 0 N–H and O–H groups in total. The number of halogens is 2. The second-order valence-corrected chi connectivity index (χ2v) is 5.56. The molecule has 1 unspecified atom stereocenters. The van der Waals surface area contributed by atoms with E-state index in [0.29, 0.717) is 0 Å². The molecule has 1 saturated heterocycles. The Balaban J connectivity index is 0.00000154. The zero-order valence-corrected chi connectivity index (χ0v) is 13.5. The molecule has 0 aromatic carbocycles. The van der Waals surface area contributed by atoms with Crippen molar-refractivity contribution in [1.82, 2.24) is 9.80 Å². The van der Waals surface area contributed by atoms with Gasteiger partial charge in [0.1, 0.15) is 0 Å². The van der Waals surface area contributed by atoms with Gasteiger partial charge in [-0.2, -0.15) is 0 Å². The molecule has 1 aliphatic heterocycles. The first kappa shape index (κ1) is 18.8. The zero-order valence-electron chi connectivity index (χ0n) is 13.5. The second kappa shape index (κ2) is 8.85. The summed E-state index contributed by atoms with van der Waals surface area (Å²) in [5.41, 5.74) is 0. The summed E-state index contributed by atoms with van der Waals surface area (Å²) >= 11 is 0. The van der Waals surface area contributed by atoms with Gasteiger partial charge in [0.25, 0.3) is 5.92 Å². The van der Waals surface area contributed by atoms with Gasteiger partial charge >= 0.3 is 0 Å². The number of hydrogen-bond acceptors (Lipinski definition) is 2. The molecule has 0 amide bonds. The van der Waals surface area contributed by atoms with E-state index >= 15 is 0 Å². The summed E-state index contributed by atoms with van der Waals surface area (Å²) in [5.74, 6) is -1.89. The van der Waals surface area contributed by atoms with Gasteiger partial charge in [0.05, 0.1) is 12.6 Å². The fourth-order valence-corrected chi connectivity index (χ4v) is 2.57. The van der Waals surface area contributed by atoms with E-state index in [-0.39, 0.29) is 6.54 Å². The number of hydrogen-bond donors (Lipinski definition) is 0. The number of nitrogens with zero attached hydrogens (tertiary/aromatic N) is 2. The van der Waals surface area contributed by atoms with E-state index in [0.717, 1.165) is 31.8 Å². The highest BCUT2D eigenvalue weighted by molar-refractivity contribution is 4.86. The van der Waals surface area contributed by atoms with Gasteiger partial charge in [-0.05, 0) is 52.9 Å². The predicted octanol–water partition coefficient (Wildman–Crippen LogP) is 3.72. The van der Waals surface area contributed by atoms with Crippen LogP contribution in [0.25, 0.3) is 0 Å². The molecule has 0 bridgehead atoms. The molecule has 1 atom stereocenters. The van der Waals surface area contributed by atoms with Gasteiger partial charge in [-0.1, -0.05) is 27.2 Å². The van der Waals surface area contributed by atoms with Crippen LogP contribution in [0.4, 0.5) is 8.78 Å². The van der Waals surface area contributed by atoms with Crippen LogP contribution in [0.3, 0.4) is 0 Å². The smallest absolute Gasteiger partial charge is 0.275 e. The third kappa shape index (κ3) is 6.17. The van der Waals surface area contributed by atoms with Gasteiger partial charge in [0.15, 0.2) is 0 Å². The summed E-state index contributed by atoms with van der Waals surface area (Å²) in [5, 5.41) is 0. The third-order valence-electron chi connectivity index (χ3n) is 3.91. The summed E-state index contributed by atoms with van der Waals surface area (Å²) in [6, 6.07) is -0.650. The molecule has 0 aromatic rings. The molecule has 0 saturated carbocycles. The molecule has 2 nitrogen and oxygen atoms in total. The topological polar surface area (TPSA) is 6.48 Å². The Morgan fingerprint density at radius 3 is 2.05 bits per heavy atom. The Morgan fingerprint density at radius 2 is 1.68 bits per heavy atom. The normalized spacial score (nSPS) is 20.1. The monoisotopic (exact) mass is 278 g/mol. The quantitative estimate of drug-likeness (QED) is 0.756. The van der Waals surface area contributed by atoms with Crippen molar-refractivity contribution in [3.8, 4) is 0 Å². The van der Waals surface area contributed by atoms with E-state index in [9.17, 15) is 8.78 Å². The van der Waals surface area contributed by atoms with Crippen molar-refractivity contribution in [2.75, 3.05) is 33.7 Å². The van der Waals surface area contributed by atoms with Crippen LogP contribution >= 0.6 is 0 Å². The number of likely N-dealkylation sites (tertiary alicyclic amines) is 1. The van der Waals surface area contributed by atoms with E-state index in [4.69, 9.17) is 0 Å². The van der Waals surface area contributed by atoms with Crippen LogP contribution in [0.1, 0.15) is 47.0 Å².